The van der Waals surface area contributed by atoms with E-state index in [-0.39, 0.29) is 18.0 Å². The zero-order valence-electron chi connectivity index (χ0n) is 19.3. The molecule has 0 aliphatic carbocycles. The highest BCUT2D eigenvalue weighted by Crippen LogP contribution is 2.24. The predicted molar refractivity (Wildman–Crippen MR) is 134 cm³/mol. The Morgan fingerprint density at radius 2 is 1.53 bits per heavy atom. The van der Waals surface area contributed by atoms with Crippen molar-refractivity contribution in [3.63, 3.8) is 0 Å². The minimum Gasteiger partial charge on any atom is -0.496 e. The molecule has 0 saturated carbocycles. The summed E-state index contributed by atoms with van der Waals surface area (Å²) in [6.07, 6.45) is 1.81. The average molecular weight is 459 g/mol. The molecule has 4 rings (SSSR count). The number of carbonyl (C=O) groups is 2. The second-order valence-corrected chi connectivity index (χ2v) is 8.37. The third kappa shape index (κ3) is 6.36. The van der Waals surface area contributed by atoms with Crippen LogP contribution in [0.1, 0.15) is 28.8 Å². The molecular weight excluding hydrogens is 428 g/mol. The molecule has 1 fully saturated rings. The summed E-state index contributed by atoms with van der Waals surface area (Å²) in [5.41, 5.74) is 2.98. The Bertz CT molecular complexity index is 1100. The van der Waals surface area contributed by atoms with Crippen LogP contribution in [0.5, 0.6) is 5.75 Å². The van der Waals surface area contributed by atoms with Gasteiger partial charge < -0.3 is 20.7 Å². The molecule has 0 unspecified atom stereocenters. The summed E-state index contributed by atoms with van der Waals surface area (Å²) in [7, 11) is 1.52. The molecule has 1 aliphatic heterocycles. The van der Waals surface area contributed by atoms with E-state index in [2.05, 4.69) is 45.1 Å². The van der Waals surface area contributed by atoms with Crippen molar-refractivity contribution < 1.29 is 14.3 Å². The maximum absolute atomic E-state index is 12.9. The number of anilines is 2. The standard InChI is InChI=1S/C27H30N4O3/c1-34-25-18-23(30-27(33)29-21-10-6-3-7-11-21)12-13-24(25)26(32)28-22-14-16-31(17-15-22)19-20-8-4-2-5-9-20/h2-13,18,22H,14-17,19H2,1H3,(H,28,32)(H2,29,30,33). The number of nitrogens with one attached hydrogen (secondary N) is 3. The van der Waals surface area contributed by atoms with Crippen LogP contribution in [0.15, 0.2) is 78.9 Å². The Morgan fingerprint density at radius 3 is 2.21 bits per heavy atom. The van der Waals surface area contributed by atoms with E-state index in [0.717, 1.165) is 32.5 Å². The smallest absolute Gasteiger partial charge is 0.323 e. The van der Waals surface area contributed by atoms with Crippen molar-refractivity contribution in [2.75, 3.05) is 30.8 Å². The fraction of sp³-hybridized carbons (Fsp3) is 0.259. The Morgan fingerprint density at radius 1 is 0.882 bits per heavy atom. The van der Waals surface area contributed by atoms with Crippen LogP contribution in [0.4, 0.5) is 16.2 Å². The quantitative estimate of drug-likeness (QED) is 0.478. The van der Waals surface area contributed by atoms with Crippen molar-refractivity contribution >= 4 is 23.3 Å². The minimum atomic E-state index is -0.368. The van der Waals surface area contributed by atoms with Gasteiger partial charge in [0.05, 0.1) is 12.7 Å². The molecule has 0 bridgehead atoms. The van der Waals surface area contributed by atoms with Crippen LogP contribution in [-0.4, -0.2) is 43.1 Å². The number of benzene rings is 3. The van der Waals surface area contributed by atoms with Gasteiger partial charge in [0.15, 0.2) is 0 Å². The molecule has 1 saturated heterocycles. The number of amides is 3. The molecule has 3 aromatic carbocycles. The van der Waals surface area contributed by atoms with Gasteiger partial charge in [-0.3, -0.25) is 9.69 Å². The van der Waals surface area contributed by atoms with Crippen LogP contribution >= 0.6 is 0 Å². The van der Waals surface area contributed by atoms with Crippen molar-refractivity contribution in [2.45, 2.75) is 25.4 Å². The summed E-state index contributed by atoms with van der Waals surface area (Å²) in [4.78, 5) is 27.6. The highest BCUT2D eigenvalue weighted by molar-refractivity contribution is 6.01. The molecule has 3 N–H and O–H groups in total. The van der Waals surface area contributed by atoms with Crippen LogP contribution in [0, 0.1) is 0 Å². The average Bonchev–Trinajstić information content (AvgIpc) is 2.86. The van der Waals surface area contributed by atoms with Crippen LogP contribution in [0.3, 0.4) is 0 Å². The van der Waals surface area contributed by atoms with E-state index in [1.807, 2.05) is 24.3 Å². The topological polar surface area (TPSA) is 82.7 Å². The zero-order chi connectivity index (χ0) is 23.8. The van der Waals surface area contributed by atoms with Gasteiger partial charge in [-0.25, -0.2) is 4.79 Å². The minimum absolute atomic E-state index is 0.124. The number of carbonyl (C=O) groups excluding carboxylic acids is 2. The van der Waals surface area contributed by atoms with E-state index in [4.69, 9.17) is 4.74 Å². The molecule has 3 aromatic rings. The van der Waals surface area contributed by atoms with Gasteiger partial charge in [-0.2, -0.15) is 0 Å². The van der Waals surface area contributed by atoms with Gasteiger partial charge in [0, 0.05) is 43.1 Å². The first-order chi connectivity index (χ1) is 16.6. The van der Waals surface area contributed by atoms with Gasteiger partial charge in [-0.15, -0.1) is 0 Å². The molecule has 176 valence electrons. The van der Waals surface area contributed by atoms with Crippen molar-refractivity contribution in [3.8, 4) is 5.75 Å². The first-order valence-corrected chi connectivity index (χ1v) is 11.5. The summed E-state index contributed by atoms with van der Waals surface area (Å²) < 4.78 is 5.44. The molecule has 0 spiro atoms. The molecule has 0 aromatic heterocycles. The Kier molecular flexibility index (Phi) is 7.78. The van der Waals surface area contributed by atoms with E-state index in [0.29, 0.717) is 22.7 Å². The summed E-state index contributed by atoms with van der Waals surface area (Å²) in [6, 6.07) is 24.4. The number of rotatable bonds is 7. The number of hydrogen-bond donors (Lipinski definition) is 3. The summed E-state index contributed by atoms with van der Waals surface area (Å²) in [5, 5.41) is 8.68. The van der Waals surface area contributed by atoms with Gasteiger partial charge >= 0.3 is 6.03 Å². The van der Waals surface area contributed by atoms with Crippen LogP contribution < -0.4 is 20.7 Å². The maximum atomic E-state index is 12.9. The van der Waals surface area contributed by atoms with Crippen molar-refractivity contribution in [2.24, 2.45) is 0 Å². The zero-order valence-corrected chi connectivity index (χ0v) is 19.3. The number of nitrogens with zero attached hydrogens (tertiary/aromatic N) is 1. The Hall–Kier alpha value is -3.84. The molecule has 34 heavy (non-hydrogen) atoms. The number of para-hydroxylation sites is 1. The maximum Gasteiger partial charge on any atom is 0.323 e. The van der Waals surface area contributed by atoms with Gasteiger partial charge in [-0.05, 0) is 42.7 Å². The lowest BCUT2D eigenvalue weighted by Crippen LogP contribution is -2.44. The number of methoxy groups -OCH3 is 1. The van der Waals surface area contributed by atoms with Crippen molar-refractivity contribution in [3.05, 3.63) is 90.0 Å². The number of likely N-dealkylation sites (tertiary alicyclic amines) is 1. The molecule has 1 heterocycles. The third-order valence-electron chi connectivity index (χ3n) is 5.91. The molecular formula is C27H30N4O3. The lowest BCUT2D eigenvalue weighted by molar-refractivity contribution is 0.0906. The van der Waals surface area contributed by atoms with Gasteiger partial charge in [-0.1, -0.05) is 48.5 Å². The first kappa shape index (κ1) is 23.3. The van der Waals surface area contributed by atoms with E-state index < -0.39 is 0 Å². The highest BCUT2D eigenvalue weighted by Gasteiger charge is 2.23. The van der Waals surface area contributed by atoms with Crippen molar-refractivity contribution in [1.82, 2.24) is 10.2 Å². The second-order valence-electron chi connectivity index (χ2n) is 8.37. The third-order valence-corrected chi connectivity index (χ3v) is 5.91. The fourth-order valence-corrected chi connectivity index (χ4v) is 4.11. The number of hydrogen-bond acceptors (Lipinski definition) is 4. The molecule has 3 amide bonds. The summed E-state index contributed by atoms with van der Waals surface area (Å²) in [5.74, 6) is 0.246. The Balaban J connectivity index is 1.30. The van der Waals surface area contributed by atoms with E-state index >= 15 is 0 Å². The predicted octanol–water partition coefficient (Wildman–Crippen LogP) is 4.73. The van der Waals surface area contributed by atoms with E-state index in [9.17, 15) is 9.59 Å². The van der Waals surface area contributed by atoms with Crippen molar-refractivity contribution in [1.29, 1.82) is 0 Å². The Labute approximate surface area is 200 Å². The molecule has 1 aliphatic rings. The SMILES string of the molecule is COc1cc(NC(=O)Nc2ccccc2)ccc1C(=O)NC1CCN(Cc2ccccc2)CC1. The normalized spacial score (nSPS) is 14.3. The molecule has 0 radical (unpaired) electrons. The molecule has 0 atom stereocenters. The number of ether oxygens (including phenoxy) is 1. The lowest BCUT2D eigenvalue weighted by Gasteiger charge is -2.32. The van der Waals surface area contributed by atoms with Gasteiger partial charge in [0.2, 0.25) is 0 Å². The second kappa shape index (κ2) is 11.3. The first-order valence-electron chi connectivity index (χ1n) is 11.5. The van der Waals surface area contributed by atoms with Gasteiger partial charge in [0.1, 0.15) is 5.75 Å². The van der Waals surface area contributed by atoms with E-state index in [1.165, 1.54) is 12.7 Å². The van der Waals surface area contributed by atoms with Crippen LogP contribution in [0.25, 0.3) is 0 Å². The van der Waals surface area contributed by atoms with Crippen LogP contribution in [0.2, 0.25) is 0 Å². The highest BCUT2D eigenvalue weighted by atomic mass is 16.5. The number of piperidine rings is 1. The fourth-order valence-electron chi connectivity index (χ4n) is 4.11. The van der Waals surface area contributed by atoms with E-state index in [1.54, 1.807) is 30.3 Å². The van der Waals surface area contributed by atoms with Crippen LogP contribution in [-0.2, 0) is 6.54 Å². The molecule has 7 heteroatoms. The largest absolute Gasteiger partial charge is 0.496 e. The summed E-state index contributed by atoms with van der Waals surface area (Å²) >= 11 is 0. The monoisotopic (exact) mass is 458 g/mol. The number of urea groups is 1. The van der Waals surface area contributed by atoms with Gasteiger partial charge in [0.25, 0.3) is 5.91 Å². The lowest BCUT2D eigenvalue weighted by atomic mass is 10.0. The summed E-state index contributed by atoms with van der Waals surface area (Å²) in [6.45, 7) is 2.81. The molecule has 7 nitrogen and oxygen atoms in total.